The summed E-state index contributed by atoms with van der Waals surface area (Å²) in [5.41, 5.74) is 2.97. The number of para-hydroxylation sites is 1. The third-order valence-corrected chi connectivity index (χ3v) is 2.33. The van der Waals surface area contributed by atoms with Crippen LogP contribution >= 0.6 is 11.3 Å². The van der Waals surface area contributed by atoms with Gasteiger partial charge in [0.05, 0.1) is 28.1 Å². The third-order valence-electron chi connectivity index (χ3n) is 1.52. The van der Waals surface area contributed by atoms with Gasteiger partial charge >= 0.3 is 0 Å². The van der Waals surface area contributed by atoms with E-state index in [1.807, 2.05) is 23.7 Å². The number of nitrogens with zero attached hydrogens (tertiary/aromatic N) is 3. The summed E-state index contributed by atoms with van der Waals surface area (Å²) >= 11 is 1.68. The zero-order chi connectivity index (χ0) is 9.64. The van der Waals surface area contributed by atoms with E-state index < -0.39 is 0 Å². The Labute approximate surface area is 84.2 Å². The van der Waals surface area contributed by atoms with Crippen molar-refractivity contribution >= 4 is 21.6 Å². The Balaban J connectivity index is 0.000000128. The second-order valence-electron chi connectivity index (χ2n) is 2.41. The highest BCUT2D eigenvalue weighted by molar-refractivity contribution is 7.16. The summed E-state index contributed by atoms with van der Waals surface area (Å²) in [4.78, 5) is 4.14. The summed E-state index contributed by atoms with van der Waals surface area (Å²) in [6.07, 6.45) is 2.94. The molecule has 0 saturated carbocycles. The van der Waals surface area contributed by atoms with Crippen LogP contribution in [0.5, 0.6) is 0 Å². The molecule has 0 aliphatic heterocycles. The molecule has 0 spiro atoms. The van der Waals surface area contributed by atoms with E-state index in [1.165, 1.54) is 17.1 Å². The van der Waals surface area contributed by atoms with E-state index in [1.54, 1.807) is 11.3 Å². The van der Waals surface area contributed by atoms with Gasteiger partial charge in [0.25, 0.3) is 0 Å². The largest absolute Gasteiger partial charge is 0.245 e. The Bertz CT molecular complexity index is 430. The van der Waals surface area contributed by atoms with Crippen molar-refractivity contribution < 1.29 is 4.63 Å². The van der Waals surface area contributed by atoms with Crippen molar-refractivity contribution in [2.24, 2.45) is 0 Å². The molecule has 0 aliphatic carbocycles. The highest BCUT2D eigenvalue weighted by Crippen LogP contribution is 2.15. The topological polar surface area (TPSA) is 51.8 Å². The van der Waals surface area contributed by atoms with Crippen molar-refractivity contribution in [2.75, 3.05) is 0 Å². The predicted molar refractivity (Wildman–Crippen MR) is 53.9 cm³/mol. The third kappa shape index (κ3) is 2.14. The van der Waals surface area contributed by atoms with Crippen LogP contribution in [0.15, 0.2) is 46.8 Å². The average molecular weight is 205 g/mol. The molecular formula is C9H7N3OS. The van der Waals surface area contributed by atoms with Crippen LogP contribution in [0.3, 0.4) is 0 Å². The first-order valence-electron chi connectivity index (χ1n) is 3.96. The van der Waals surface area contributed by atoms with Gasteiger partial charge in [-0.2, -0.15) is 0 Å². The minimum atomic E-state index is 1.10. The molecule has 0 saturated heterocycles. The van der Waals surface area contributed by atoms with Gasteiger partial charge in [0.15, 0.2) is 0 Å². The molecule has 0 radical (unpaired) electrons. The molecule has 1 aromatic carbocycles. The SMILES string of the molecule is c1ccc2scnc2c1.c1cnon1. The maximum Gasteiger partial charge on any atom is 0.0913 e. The van der Waals surface area contributed by atoms with E-state index in [-0.39, 0.29) is 0 Å². The second kappa shape index (κ2) is 4.48. The molecule has 3 rings (SSSR count). The zero-order valence-corrected chi connectivity index (χ0v) is 8.02. The predicted octanol–water partition coefficient (Wildman–Crippen LogP) is 2.37. The van der Waals surface area contributed by atoms with E-state index in [0.717, 1.165) is 5.52 Å². The molecule has 0 fully saturated rings. The molecular weight excluding hydrogens is 198 g/mol. The molecule has 0 amide bonds. The molecule has 14 heavy (non-hydrogen) atoms. The van der Waals surface area contributed by atoms with Crippen molar-refractivity contribution in [3.8, 4) is 0 Å². The maximum atomic E-state index is 4.14. The normalized spacial score (nSPS) is 9.43. The summed E-state index contributed by atoms with van der Waals surface area (Å²) in [5.74, 6) is 0. The fraction of sp³-hybridized carbons (Fsp3) is 0. The summed E-state index contributed by atoms with van der Waals surface area (Å²) in [5, 5.41) is 6.47. The Kier molecular flexibility index (Phi) is 2.82. The fourth-order valence-corrected chi connectivity index (χ4v) is 1.62. The first-order chi connectivity index (χ1) is 6.97. The van der Waals surface area contributed by atoms with E-state index in [2.05, 4.69) is 26.0 Å². The molecule has 0 atom stereocenters. The summed E-state index contributed by atoms with van der Waals surface area (Å²) in [6.45, 7) is 0. The average Bonchev–Trinajstić information content (AvgIpc) is 2.92. The van der Waals surface area contributed by atoms with Crippen molar-refractivity contribution in [3.63, 3.8) is 0 Å². The molecule has 0 N–H and O–H groups in total. The van der Waals surface area contributed by atoms with Crippen molar-refractivity contribution in [2.45, 2.75) is 0 Å². The minimum absolute atomic E-state index is 1.10. The quantitative estimate of drug-likeness (QED) is 0.565. The lowest BCUT2D eigenvalue weighted by atomic mass is 10.3. The van der Waals surface area contributed by atoms with Crippen molar-refractivity contribution in [3.05, 3.63) is 42.2 Å². The monoisotopic (exact) mass is 205 g/mol. The Morgan fingerprint density at radius 2 is 1.86 bits per heavy atom. The van der Waals surface area contributed by atoms with Gasteiger partial charge in [-0.25, -0.2) is 9.61 Å². The number of aromatic nitrogens is 3. The highest BCUT2D eigenvalue weighted by Gasteiger charge is 1.89. The minimum Gasteiger partial charge on any atom is -0.245 e. The van der Waals surface area contributed by atoms with E-state index in [9.17, 15) is 0 Å². The molecule has 3 aromatic rings. The number of benzene rings is 1. The lowest BCUT2D eigenvalue weighted by Crippen LogP contribution is -1.61. The number of rotatable bonds is 0. The standard InChI is InChI=1S/C7H5NS.C2H2N2O/c1-2-4-7-6(3-1)8-5-9-7;1-2-4-5-3-1/h1-5H;1-2H. The van der Waals surface area contributed by atoms with Crippen LogP contribution in [0.4, 0.5) is 0 Å². The molecule has 5 heteroatoms. The van der Waals surface area contributed by atoms with Crippen molar-refractivity contribution in [1.29, 1.82) is 0 Å². The van der Waals surface area contributed by atoms with Gasteiger partial charge in [-0.3, -0.25) is 0 Å². The fourth-order valence-electron chi connectivity index (χ4n) is 0.939. The van der Waals surface area contributed by atoms with Gasteiger partial charge in [0.2, 0.25) is 0 Å². The van der Waals surface area contributed by atoms with Crippen LogP contribution in [-0.2, 0) is 0 Å². The zero-order valence-electron chi connectivity index (χ0n) is 7.20. The Hall–Kier alpha value is -1.75. The van der Waals surface area contributed by atoms with Gasteiger partial charge in [0.1, 0.15) is 0 Å². The number of hydrogen-bond acceptors (Lipinski definition) is 5. The highest BCUT2D eigenvalue weighted by atomic mass is 32.1. The van der Waals surface area contributed by atoms with Crippen molar-refractivity contribution in [1.82, 2.24) is 15.3 Å². The van der Waals surface area contributed by atoms with Crippen LogP contribution in [0.25, 0.3) is 10.2 Å². The molecule has 0 bridgehead atoms. The molecule has 70 valence electrons. The van der Waals surface area contributed by atoms with Crippen LogP contribution in [0.2, 0.25) is 0 Å². The Morgan fingerprint density at radius 1 is 1.07 bits per heavy atom. The Morgan fingerprint density at radius 3 is 2.50 bits per heavy atom. The first-order valence-corrected chi connectivity index (χ1v) is 4.84. The summed E-state index contributed by atoms with van der Waals surface area (Å²) < 4.78 is 5.34. The number of fused-ring (bicyclic) bond motifs is 1. The van der Waals surface area contributed by atoms with Crippen LogP contribution in [0, 0.1) is 0 Å². The summed E-state index contributed by atoms with van der Waals surface area (Å²) in [7, 11) is 0. The van der Waals surface area contributed by atoms with Crippen LogP contribution < -0.4 is 0 Å². The first kappa shape index (κ1) is 8.83. The van der Waals surface area contributed by atoms with Crippen LogP contribution in [-0.4, -0.2) is 15.3 Å². The van der Waals surface area contributed by atoms with E-state index >= 15 is 0 Å². The van der Waals surface area contributed by atoms with E-state index in [4.69, 9.17) is 0 Å². The lowest BCUT2D eigenvalue weighted by molar-refractivity contribution is 0.307. The maximum absolute atomic E-state index is 4.14. The second-order valence-corrected chi connectivity index (χ2v) is 3.30. The molecule has 2 heterocycles. The number of thiazole rings is 1. The summed E-state index contributed by atoms with van der Waals surface area (Å²) in [6, 6.07) is 8.13. The van der Waals surface area contributed by atoms with E-state index in [0.29, 0.717) is 0 Å². The lowest BCUT2D eigenvalue weighted by Gasteiger charge is -1.80. The number of hydrogen-bond donors (Lipinski definition) is 0. The van der Waals surface area contributed by atoms with Gasteiger partial charge in [-0.15, -0.1) is 11.3 Å². The smallest absolute Gasteiger partial charge is 0.0913 e. The molecule has 2 aromatic heterocycles. The van der Waals surface area contributed by atoms with Gasteiger partial charge < -0.3 is 0 Å². The van der Waals surface area contributed by atoms with Gasteiger partial charge in [0, 0.05) is 0 Å². The molecule has 0 aliphatic rings. The van der Waals surface area contributed by atoms with Gasteiger partial charge in [-0.05, 0) is 12.1 Å². The molecule has 0 unspecified atom stereocenters. The van der Waals surface area contributed by atoms with Crippen LogP contribution in [0.1, 0.15) is 0 Å². The molecule has 4 nitrogen and oxygen atoms in total. The van der Waals surface area contributed by atoms with Gasteiger partial charge in [-0.1, -0.05) is 22.4 Å².